The summed E-state index contributed by atoms with van der Waals surface area (Å²) in [5.41, 5.74) is 0.861. The van der Waals surface area contributed by atoms with Crippen molar-refractivity contribution in [1.82, 2.24) is 8.87 Å². The van der Waals surface area contributed by atoms with Gasteiger partial charge in [-0.25, -0.2) is 8.42 Å². The third-order valence-electron chi connectivity index (χ3n) is 5.41. The van der Waals surface area contributed by atoms with Crippen molar-refractivity contribution in [3.05, 3.63) is 47.1 Å². The number of amides is 1. The molecular weight excluding hydrogens is 470 g/mol. The normalized spacial score (nSPS) is 19.5. The third kappa shape index (κ3) is 3.68. The van der Waals surface area contributed by atoms with E-state index in [0.29, 0.717) is 55.4 Å². The van der Waals surface area contributed by atoms with Crippen LogP contribution >= 0.6 is 22.7 Å². The summed E-state index contributed by atoms with van der Waals surface area (Å²) in [5, 5.41) is 1.71. The molecule has 0 radical (unpaired) electrons. The summed E-state index contributed by atoms with van der Waals surface area (Å²) < 4.78 is 41.7. The van der Waals surface area contributed by atoms with Crippen LogP contribution in [0.1, 0.15) is 12.8 Å². The highest BCUT2D eigenvalue weighted by Gasteiger charge is 2.40. The van der Waals surface area contributed by atoms with Crippen LogP contribution in [-0.2, 0) is 21.4 Å². The molecule has 32 heavy (non-hydrogen) atoms. The SMILES string of the molecule is C=CCn1c(=NC(=O)C2CCCN2S(=O)(=O)c2cccs2)sc2cc3c(cc21)OCCO3. The number of thiophene rings is 1. The average Bonchev–Trinajstić information content (AvgIpc) is 3.54. The van der Waals surface area contributed by atoms with Gasteiger partial charge in [-0.05, 0) is 24.3 Å². The van der Waals surface area contributed by atoms with E-state index in [9.17, 15) is 13.2 Å². The number of fused-ring (bicyclic) bond motifs is 2. The number of thiazole rings is 1. The molecular formula is C21H21N3O5S3. The smallest absolute Gasteiger partial charge is 0.266 e. The first kappa shape index (κ1) is 21.4. The minimum Gasteiger partial charge on any atom is -0.486 e. The van der Waals surface area contributed by atoms with Crippen LogP contribution in [-0.4, -0.2) is 49.0 Å². The molecule has 11 heteroatoms. The minimum atomic E-state index is -3.72. The Morgan fingerprint density at radius 3 is 2.78 bits per heavy atom. The Morgan fingerprint density at radius 1 is 1.28 bits per heavy atom. The lowest BCUT2D eigenvalue weighted by atomic mass is 10.2. The van der Waals surface area contributed by atoms with Crippen LogP contribution < -0.4 is 14.3 Å². The molecule has 0 spiro atoms. The van der Waals surface area contributed by atoms with Gasteiger partial charge in [-0.2, -0.15) is 9.30 Å². The second kappa shape index (κ2) is 8.47. The summed E-state index contributed by atoms with van der Waals surface area (Å²) in [6.07, 6.45) is 2.81. The Morgan fingerprint density at radius 2 is 2.06 bits per heavy atom. The molecule has 2 aliphatic rings. The number of allylic oxidation sites excluding steroid dienone is 1. The topological polar surface area (TPSA) is 90.2 Å². The van der Waals surface area contributed by atoms with Crippen molar-refractivity contribution in [1.29, 1.82) is 0 Å². The van der Waals surface area contributed by atoms with Crippen molar-refractivity contribution >= 4 is 48.8 Å². The summed E-state index contributed by atoms with van der Waals surface area (Å²) in [4.78, 5) is 18.1. The van der Waals surface area contributed by atoms with Gasteiger partial charge in [0.1, 0.15) is 23.5 Å². The monoisotopic (exact) mass is 491 g/mol. The number of ether oxygens (including phenoxy) is 2. The molecule has 3 aromatic rings. The maximum atomic E-state index is 13.2. The number of rotatable bonds is 5. The molecule has 0 saturated carbocycles. The lowest BCUT2D eigenvalue weighted by molar-refractivity contribution is -0.121. The lowest BCUT2D eigenvalue weighted by Crippen LogP contribution is -2.40. The second-order valence-corrected chi connectivity index (χ2v) is 11.5. The Labute approximate surface area is 193 Å². The van der Waals surface area contributed by atoms with Crippen molar-refractivity contribution in [2.45, 2.75) is 29.6 Å². The summed E-state index contributed by atoms with van der Waals surface area (Å²) in [5.74, 6) is 0.864. The molecule has 2 aliphatic heterocycles. The molecule has 1 amide bonds. The number of hydrogen-bond donors (Lipinski definition) is 0. The quantitative estimate of drug-likeness (QED) is 0.512. The number of carbonyl (C=O) groups excluding carboxylic acids is 1. The Balaban J connectivity index is 1.55. The standard InChI is InChI=1S/C21H21N3O5S3/c1-2-7-23-15-12-16-17(29-10-9-28-16)13-18(15)31-21(23)22-20(25)14-5-3-8-24(14)32(26,27)19-6-4-11-30-19/h2,4,6,11-14H,1,3,5,7-10H2. The summed E-state index contributed by atoms with van der Waals surface area (Å²) >= 11 is 2.51. The number of nitrogens with zero attached hydrogens (tertiary/aromatic N) is 3. The number of carbonyl (C=O) groups is 1. The van der Waals surface area contributed by atoms with Gasteiger partial charge in [-0.3, -0.25) is 4.79 Å². The van der Waals surface area contributed by atoms with E-state index in [0.717, 1.165) is 21.6 Å². The van der Waals surface area contributed by atoms with Gasteiger partial charge in [0.2, 0.25) is 0 Å². The zero-order chi connectivity index (χ0) is 22.3. The van der Waals surface area contributed by atoms with Crippen LogP contribution in [0, 0.1) is 0 Å². The number of benzene rings is 1. The van der Waals surface area contributed by atoms with Crippen molar-refractivity contribution in [3.8, 4) is 11.5 Å². The van der Waals surface area contributed by atoms with Crippen molar-refractivity contribution in [2.75, 3.05) is 19.8 Å². The van der Waals surface area contributed by atoms with E-state index in [2.05, 4.69) is 11.6 Å². The largest absolute Gasteiger partial charge is 0.486 e. The molecule has 1 atom stereocenters. The van der Waals surface area contributed by atoms with E-state index in [1.54, 1.807) is 23.6 Å². The van der Waals surface area contributed by atoms with Gasteiger partial charge in [-0.1, -0.05) is 23.5 Å². The minimum absolute atomic E-state index is 0.242. The Hall–Kier alpha value is -2.47. The zero-order valence-corrected chi connectivity index (χ0v) is 19.5. The zero-order valence-electron chi connectivity index (χ0n) is 17.1. The van der Waals surface area contributed by atoms with Crippen LogP contribution in [0.2, 0.25) is 0 Å². The molecule has 0 N–H and O–H groups in total. The van der Waals surface area contributed by atoms with E-state index < -0.39 is 22.0 Å². The molecule has 0 aliphatic carbocycles. The first-order chi connectivity index (χ1) is 15.5. The fraction of sp³-hybridized carbons (Fsp3) is 0.333. The van der Waals surface area contributed by atoms with Crippen molar-refractivity contribution in [2.24, 2.45) is 4.99 Å². The van der Waals surface area contributed by atoms with E-state index in [1.807, 2.05) is 16.7 Å². The van der Waals surface area contributed by atoms with Gasteiger partial charge in [-0.15, -0.1) is 17.9 Å². The summed E-state index contributed by atoms with van der Waals surface area (Å²) in [7, 11) is -3.72. The maximum Gasteiger partial charge on any atom is 0.266 e. The summed E-state index contributed by atoms with van der Waals surface area (Å²) in [6, 6.07) is 6.23. The van der Waals surface area contributed by atoms with Gasteiger partial charge in [0.15, 0.2) is 16.3 Å². The van der Waals surface area contributed by atoms with Crippen molar-refractivity contribution in [3.63, 3.8) is 0 Å². The van der Waals surface area contributed by atoms with E-state index >= 15 is 0 Å². The molecule has 1 saturated heterocycles. The first-order valence-corrected chi connectivity index (χ1v) is 13.3. The van der Waals surface area contributed by atoms with Crippen LogP contribution in [0.4, 0.5) is 0 Å². The summed E-state index contributed by atoms with van der Waals surface area (Å²) in [6.45, 7) is 5.55. The molecule has 2 aromatic heterocycles. The highest BCUT2D eigenvalue weighted by Crippen LogP contribution is 2.36. The van der Waals surface area contributed by atoms with Crippen LogP contribution in [0.3, 0.4) is 0 Å². The van der Waals surface area contributed by atoms with E-state index in [4.69, 9.17) is 9.47 Å². The Kier molecular flexibility index (Phi) is 5.66. The molecule has 1 aromatic carbocycles. The fourth-order valence-corrected chi connectivity index (χ4v) is 7.79. The van der Waals surface area contributed by atoms with Gasteiger partial charge in [0.05, 0.1) is 10.2 Å². The predicted molar refractivity (Wildman–Crippen MR) is 123 cm³/mol. The average molecular weight is 492 g/mol. The van der Waals surface area contributed by atoms with Gasteiger partial charge < -0.3 is 14.0 Å². The predicted octanol–water partition coefficient (Wildman–Crippen LogP) is 3.00. The van der Waals surface area contributed by atoms with Crippen LogP contribution in [0.5, 0.6) is 11.5 Å². The first-order valence-electron chi connectivity index (χ1n) is 10.2. The molecule has 0 bridgehead atoms. The Bertz CT molecular complexity index is 1360. The van der Waals surface area contributed by atoms with Crippen LogP contribution in [0.15, 0.2) is 51.5 Å². The van der Waals surface area contributed by atoms with Crippen molar-refractivity contribution < 1.29 is 22.7 Å². The highest BCUT2D eigenvalue weighted by atomic mass is 32.2. The number of sulfonamides is 1. The van der Waals surface area contributed by atoms with Gasteiger partial charge in [0, 0.05) is 25.2 Å². The molecule has 8 nitrogen and oxygen atoms in total. The highest BCUT2D eigenvalue weighted by molar-refractivity contribution is 7.91. The van der Waals surface area contributed by atoms with Gasteiger partial charge >= 0.3 is 0 Å². The fourth-order valence-electron chi connectivity index (χ4n) is 3.97. The molecule has 168 valence electrons. The maximum absolute atomic E-state index is 13.2. The van der Waals surface area contributed by atoms with Crippen LogP contribution in [0.25, 0.3) is 10.2 Å². The molecule has 4 heterocycles. The number of hydrogen-bond acceptors (Lipinski definition) is 7. The molecule has 1 unspecified atom stereocenters. The van der Waals surface area contributed by atoms with Gasteiger partial charge in [0.25, 0.3) is 15.9 Å². The lowest BCUT2D eigenvalue weighted by Gasteiger charge is -2.20. The molecule has 5 rings (SSSR count). The van der Waals surface area contributed by atoms with E-state index in [-0.39, 0.29) is 4.21 Å². The molecule has 1 fully saturated rings. The second-order valence-electron chi connectivity index (χ2n) is 7.40. The number of aromatic nitrogens is 1. The van der Waals surface area contributed by atoms with E-state index in [1.165, 1.54) is 15.6 Å². The third-order valence-corrected chi connectivity index (χ3v) is 9.73.